The quantitative estimate of drug-likeness (QED) is 0.738. The third-order valence-corrected chi connectivity index (χ3v) is 4.60. The lowest BCUT2D eigenvalue weighted by atomic mass is 9.88. The van der Waals surface area contributed by atoms with Gasteiger partial charge in [-0.2, -0.15) is 0 Å². The summed E-state index contributed by atoms with van der Waals surface area (Å²) < 4.78 is 0. The Morgan fingerprint density at radius 1 is 1.11 bits per heavy atom. The van der Waals surface area contributed by atoms with E-state index in [1.54, 1.807) is 0 Å². The van der Waals surface area contributed by atoms with Crippen LogP contribution in [0, 0.1) is 0 Å². The van der Waals surface area contributed by atoms with Crippen molar-refractivity contribution in [3.8, 4) is 0 Å². The summed E-state index contributed by atoms with van der Waals surface area (Å²) in [6.07, 6.45) is 9.83. The molecule has 3 nitrogen and oxygen atoms in total. The maximum Gasteiger partial charge on any atom is 0.0695 e. The number of aliphatic hydroxyl groups is 1. The van der Waals surface area contributed by atoms with Crippen LogP contribution in [0.15, 0.2) is 0 Å². The smallest absolute Gasteiger partial charge is 0.0695 e. The average molecular weight is 254 g/mol. The summed E-state index contributed by atoms with van der Waals surface area (Å²) >= 11 is 0. The first-order valence-corrected chi connectivity index (χ1v) is 7.97. The fraction of sp³-hybridized carbons (Fsp3) is 1.00. The molecule has 0 spiro atoms. The molecule has 1 heterocycles. The first kappa shape index (κ1) is 14.3. The van der Waals surface area contributed by atoms with Gasteiger partial charge in [-0.1, -0.05) is 26.2 Å². The summed E-state index contributed by atoms with van der Waals surface area (Å²) in [6.45, 7) is 5.64. The van der Waals surface area contributed by atoms with E-state index in [0.717, 1.165) is 19.5 Å². The molecule has 2 rings (SSSR count). The molecule has 1 aliphatic carbocycles. The monoisotopic (exact) mass is 254 g/mol. The third kappa shape index (κ3) is 3.69. The topological polar surface area (TPSA) is 35.5 Å². The summed E-state index contributed by atoms with van der Waals surface area (Å²) in [7, 11) is 0. The lowest BCUT2D eigenvalue weighted by Gasteiger charge is -2.45. The van der Waals surface area contributed by atoms with Crippen molar-refractivity contribution in [3.63, 3.8) is 0 Å². The Kier molecular flexibility index (Phi) is 5.93. The van der Waals surface area contributed by atoms with Crippen molar-refractivity contribution in [2.75, 3.05) is 19.6 Å². The number of rotatable bonds is 5. The molecule has 2 N–H and O–H groups in total. The summed E-state index contributed by atoms with van der Waals surface area (Å²) in [4.78, 5) is 2.62. The number of piperidine rings is 1. The molecule has 1 aliphatic heterocycles. The van der Waals surface area contributed by atoms with E-state index >= 15 is 0 Å². The lowest BCUT2D eigenvalue weighted by molar-refractivity contribution is -0.0145. The van der Waals surface area contributed by atoms with E-state index in [1.165, 1.54) is 51.5 Å². The van der Waals surface area contributed by atoms with E-state index in [-0.39, 0.29) is 6.10 Å². The van der Waals surface area contributed by atoms with Gasteiger partial charge in [-0.15, -0.1) is 0 Å². The molecule has 2 fully saturated rings. The molecule has 2 aliphatic rings. The number of nitrogens with zero attached hydrogens (tertiary/aromatic N) is 1. The summed E-state index contributed by atoms with van der Waals surface area (Å²) in [5, 5.41) is 13.8. The van der Waals surface area contributed by atoms with Crippen LogP contribution in [0.4, 0.5) is 0 Å². The highest BCUT2D eigenvalue weighted by Gasteiger charge is 2.34. The van der Waals surface area contributed by atoms with Gasteiger partial charge in [0.05, 0.1) is 6.10 Å². The predicted molar refractivity (Wildman–Crippen MR) is 75.8 cm³/mol. The van der Waals surface area contributed by atoms with Crippen molar-refractivity contribution in [1.29, 1.82) is 0 Å². The van der Waals surface area contributed by atoms with E-state index in [4.69, 9.17) is 0 Å². The molecular formula is C15H30N2O. The van der Waals surface area contributed by atoms with Gasteiger partial charge in [0.25, 0.3) is 0 Å². The highest BCUT2D eigenvalue weighted by molar-refractivity contribution is 4.89. The second kappa shape index (κ2) is 7.46. The molecule has 0 aromatic heterocycles. The van der Waals surface area contributed by atoms with Crippen molar-refractivity contribution >= 4 is 0 Å². The van der Waals surface area contributed by atoms with Gasteiger partial charge in [0, 0.05) is 18.6 Å². The number of likely N-dealkylation sites (tertiary alicyclic amines) is 1. The first-order chi connectivity index (χ1) is 8.83. The van der Waals surface area contributed by atoms with Crippen molar-refractivity contribution in [2.45, 2.75) is 76.5 Å². The van der Waals surface area contributed by atoms with Crippen molar-refractivity contribution in [1.82, 2.24) is 10.2 Å². The molecule has 3 heteroatoms. The SMILES string of the molecule is CCCNCC1CCCCN1C1CCCCC1O. The number of aliphatic hydroxyl groups excluding tert-OH is 1. The maximum atomic E-state index is 10.2. The molecule has 0 bridgehead atoms. The van der Waals surface area contributed by atoms with E-state index < -0.39 is 0 Å². The van der Waals surface area contributed by atoms with Gasteiger partial charge in [-0.25, -0.2) is 0 Å². The Morgan fingerprint density at radius 2 is 1.89 bits per heavy atom. The zero-order chi connectivity index (χ0) is 12.8. The third-order valence-electron chi connectivity index (χ3n) is 4.60. The van der Waals surface area contributed by atoms with E-state index in [0.29, 0.717) is 12.1 Å². The van der Waals surface area contributed by atoms with Crippen LogP contribution in [0.25, 0.3) is 0 Å². The van der Waals surface area contributed by atoms with Crippen LogP contribution in [0.3, 0.4) is 0 Å². The highest BCUT2D eigenvalue weighted by Crippen LogP contribution is 2.28. The van der Waals surface area contributed by atoms with Gasteiger partial charge in [-0.3, -0.25) is 4.90 Å². The number of nitrogens with one attached hydrogen (secondary N) is 1. The average Bonchev–Trinajstić information content (AvgIpc) is 2.40. The maximum absolute atomic E-state index is 10.2. The molecule has 3 atom stereocenters. The van der Waals surface area contributed by atoms with Gasteiger partial charge in [0.2, 0.25) is 0 Å². The zero-order valence-electron chi connectivity index (χ0n) is 11.9. The van der Waals surface area contributed by atoms with E-state index in [2.05, 4.69) is 17.1 Å². The molecule has 0 aromatic rings. The van der Waals surface area contributed by atoms with Gasteiger partial charge in [0.1, 0.15) is 0 Å². The van der Waals surface area contributed by atoms with Crippen molar-refractivity contribution in [2.24, 2.45) is 0 Å². The largest absolute Gasteiger partial charge is 0.391 e. The summed E-state index contributed by atoms with van der Waals surface area (Å²) in [5.74, 6) is 0. The molecule has 0 radical (unpaired) electrons. The Labute approximate surface area is 112 Å². The minimum Gasteiger partial charge on any atom is -0.391 e. The van der Waals surface area contributed by atoms with Gasteiger partial charge < -0.3 is 10.4 Å². The van der Waals surface area contributed by atoms with Crippen LogP contribution in [-0.4, -0.2) is 47.8 Å². The molecule has 0 amide bonds. The van der Waals surface area contributed by atoms with E-state index in [1.807, 2.05) is 0 Å². The van der Waals surface area contributed by atoms with Crippen LogP contribution in [0.5, 0.6) is 0 Å². The Bertz CT molecular complexity index is 235. The standard InChI is InChI=1S/C15H30N2O/c1-2-10-16-12-13-7-5-6-11-17(13)14-8-3-4-9-15(14)18/h13-16,18H,2-12H2,1H3. The van der Waals surface area contributed by atoms with Gasteiger partial charge >= 0.3 is 0 Å². The van der Waals surface area contributed by atoms with Crippen molar-refractivity contribution in [3.05, 3.63) is 0 Å². The number of hydrogen-bond donors (Lipinski definition) is 2. The minimum absolute atomic E-state index is 0.0782. The second-order valence-corrected chi connectivity index (χ2v) is 6.01. The molecule has 1 saturated carbocycles. The van der Waals surface area contributed by atoms with Crippen LogP contribution in [0.1, 0.15) is 58.3 Å². The predicted octanol–water partition coefficient (Wildman–Crippen LogP) is 2.14. The molecule has 0 aromatic carbocycles. The highest BCUT2D eigenvalue weighted by atomic mass is 16.3. The summed E-state index contributed by atoms with van der Waals surface area (Å²) in [6, 6.07) is 1.09. The lowest BCUT2D eigenvalue weighted by Crippen LogP contribution is -2.55. The fourth-order valence-electron chi connectivity index (χ4n) is 3.60. The van der Waals surface area contributed by atoms with Crippen LogP contribution in [-0.2, 0) is 0 Å². The van der Waals surface area contributed by atoms with Gasteiger partial charge in [-0.05, 0) is 45.2 Å². The molecular weight excluding hydrogens is 224 g/mol. The normalized spacial score (nSPS) is 34.7. The Balaban J connectivity index is 1.89. The minimum atomic E-state index is -0.0782. The summed E-state index contributed by atoms with van der Waals surface area (Å²) in [5.41, 5.74) is 0. The zero-order valence-corrected chi connectivity index (χ0v) is 11.9. The van der Waals surface area contributed by atoms with Crippen molar-refractivity contribution < 1.29 is 5.11 Å². The Morgan fingerprint density at radius 3 is 2.67 bits per heavy atom. The fourth-order valence-corrected chi connectivity index (χ4v) is 3.60. The number of hydrogen-bond acceptors (Lipinski definition) is 3. The van der Waals surface area contributed by atoms with Gasteiger partial charge in [0.15, 0.2) is 0 Å². The molecule has 1 saturated heterocycles. The van der Waals surface area contributed by atoms with Crippen LogP contribution < -0.4 is 5.32 Å². The van der Waals surface area contributed by atoms with E-state index in [9.17, 15) is 5.11 Å². The van der Waals surface area contributed by atoms with Crippen LogP contribution >= 0.6 is 0 Å². The molecule has 18 heavy (non-hydrogen) atoms. The Hall–Kier alpha value is -0.120. The molecule has 3 unspecified atom stereocenters. The molecule has 106 valence electrons. The second-order valence-electron chi connectivity index (χ2n) is 6.01. The van der Waals surface area contributed by atoms with Crippen LogP contribution in [0.2, 0.25) is 0 Å². The first-order valence-electron chi connectivity index (χ1n) is 7.97.